The van der Waals surface area contributed by atoms with Gasteiger partial charge < -0.3 is 23.9 Å². The third kappa shape index (κ3) is 6.39. The number of nitrogens with zero attached hydrogens (tertiary/aromatic N) is 7. The summed E-state index contributed by atoms with van der Waals surface area (Å²) in [7, 11) is 1.35. The van der Waals surface area contributed by atoms with Crippen LogP contribution in [0.2, 0.25) is 5.02 Å². The molecule has 2 aliphatic rings. The Morgan fingerprint density at radius 1 is 1.05 bits per heavy atom. The van der Waals surface area contributed by atoms with Crippen molar-refractivity contribution < 1.29 is 28.2 Å². The Bertz CT molecular complexity index is 1640. The van der Waals surface area contributed by atoms with Crippen molar-refractivity contribution in [2.75, 3.05) is 51.3 Å². The maximum absolute atomic E-state index is 14.4. The molecular weight excluding hydrogens is 584 g/mol. The first-order valence-corrected chi connectivity index (χ1v) is 14.2. The topological polar surface area (TPSA) is 109 Å². The largest absolute Gasteiger partial charge is 0.470 e. The summed E-state index contributed by atoms with van der Waals surface area (Å²) >= 11 is 5.80. The third-order valence-electron chi connectivity index (χ3n) is 7.64. The molecule has 6 rings (SSSR count). The second-order valence-corrected chi connectivity index (χ2v) is 11.0. The second kappa shape index (κ2) is 12.4. The number of hydrogen-bond acceptors (Lipinski definition) is 10. The fourth-order valence-electron chi connectivity index (χ4n) is 5.26. The van der Waals surface area contributed by atoms with Gasteiger partial charge in [-0.3, -0.25) is 9.80 Å². The lowest BCUT2D eigenvalue weighted by molar-refractivity contribution is -0.00394. The van der Waals surface area contributed by atoms with E-state index in [4.69, 9.17) is 26.1 Å². The number of fused-ring (bicyclic) bond motifs is 1. The van der Waals surface area contributed by atoms with E-state index in [1.54, 1.807) is 18.3 Å². The van der Waals surface area contributed by atoms with Crippen LogP contribution in [-0.2, 0) is 24.4 Å². The number of piperazine rings is 1. The predicted molar refractivity (Wildman–Crippen MR) is 153 cm³/mol. The van der Waals surface area contributed by atoms with Gasteiger partial charge in [-0.05, 0) is 24.3 Å². The fraction of sp³-hybridized carbons (Fsp3) is 0.379. The van der Waals surface area contributed by atoms with Gasteiger partial charge in [0.25, 0.3) is 5.88 Å². The minimum absolute atomic E-state index is 0.205. The zero-order valence-corrected chi connectivity index (χ0v) is 24.2. The molecule has 0 radical (unpaired) electrons. The number of likely N-dealkylation sites (tertiary alicyclic amines) is 1. The van der Waals surface area contributed by atoms with E-state index in [0.717, 1.165) is 23.2 Å². The molecule has 3 aromatic heterocycles. The number of ether oxygens (including phenoxy) is 2. The van der Waals surface area contributed by atoms with Crippen LogP contribution in [0.1, 0.15) is 27.3 Å². The molecule has 0 bridgehead atoms. The van der Waals surface area contributed by atoms with Crippen molar-refractivity contribution in [3.63, 3.8) is 0 Å². The SMILES string of the molecule is COC(=O)c1ccc2nc(CN3CCN(c4ncc(F)c(OCc5ccc(Cl)cc5F)n4)CC3)c(CN3CC(O)C3)n2c1. The molecule has 0 spiro atoms. The van der Waals surface area contributed by atoms with Gasteiger partial charge in [0, 0.05) is 69.1 Å². The zero-order chi connectivity index (χ0) is 30.1. The number of carbonyl (C=O) groups excluding carboxylic acids is 1. The van der Waals surface area contributed by atoms with Crippen LogP contribution >= 0.6 is 11.6 Å². The summed E-state index contributed by atoms with van der Waals surface area (Å²) in [4.78, 5) is 31.8. The second-order valence-electron chi connectivity index (χ2n) is 10.6. The quantitative estimate of drug-likeness (QED) is 0.283. The number of aromatic nitrogens is 4. The van der Waals surface area contributed by atoms with Crippen molar-refractivity contribution in [3.8, 4) is 5.88 Å². The van der Waals surface area contributed by atoms with Crippen LogP contribution in [0.15, 0.2) is 42.7 Å². The molecule has 2 aliphatic heterocycles. The normalized spacial score (nSPS) is 16.4. The fourth-order valence-corrected chi connectivity index (χ4v) is 5.42. The molecule has 0 aliphatic carbocycles. The summed E-state index contributed by atoms with van der Waals surface area (Å²) in [5.41, 5.74) is 3.23. The molecule has 0 unspecified atom stereocenters. The number of esters is 1. The monoisotopic (exact) mass is 613 g/mol. The molecule has 2 fully saturated rings. The molecule has 1 N–H and O–H groups in total. The molecule has 0 atom stereocenters. The highest BCUT2D eigenvalue weighted by atomic mass is 35.5. The number of benzene rings is 1. The third-order valence-corrected chi connectivity index (χ3v) is 7.88. The van der Waals surface area contributed by atoms with E-state index in [1.165, 1.54) is 25.3 Å². The number of aliphatic hydroxyl groups is 1. The lowest BCUT2D eigenvalue weighted by Crippen LogP contribution is -2.50. The Morgan fingerprint density at radius 2 is 1.84 bits per heavy atom. The Morgan fingerprint density at radius 3 is 2.56 bits per heavy atom. The summed E-state index contributed by atoms with van der Waals surface area (Å²) in [6.45, 7) is 4.66. The average molecular weight is 614 g/mol. The van der Waals surface area contributed by atoms with E-state index in [-0.39, 0.29) is 29.2 Å². The number of halogens is 3. The van der Waals surface area contributed by atoms with E-state index in [2.05, 4.69) is 19.8 Å². The Labute approximate surface area is 251 Å². The van der Waals surface area contributed by atoms with Gasteiger partial charge in [0.05, 0.1) is 36.4 Å². The molecule has 14 heteroatoms. The van der Waals surface area contributed by atoms with Gasteiger partial charge in [-0.2, -0.15) is 9.37 Å². The lowest BCUT2D eigenvalue weighted by Gasteiger charge is -2.36. The van der Waals surface area contributed by atoms with Crippen LogP contribution < -0.4 is 9.64 Å². The molecule has 1 aromatic carbocycles. The number of pyridine rings is 1. The first-order valence-electron chi connectivity index (χ1n) is 13.8. The van der Waals surface area contributed by atoms with Crippen molar-refractivity contribution in [1.29, 1.82) is 0 Å². The molecule has 5 heterocycles. The smallest absolute Gasteiger partial charge is 0.339 e. The minimum Gasteiger partial charge on any atom is -0.470 e. The van der Waals surface area contributed by atoms with Crippen molar-refractivity contribution in [2.45, 2.75) is 25.8 Å². The van der Waals surface area contributed by atoms with Gasteiger partial charge in [0.2, 0.25) is 11.8 Å². The van der Waals surface area contributed by atoms with Crippen LogP contribution in [0.3, 0.4) is 0 Å². The van der Waals surface area contributed by atoms with Crippen molar-refractivity contribution in [1.82, 2.24) is 29.2 Å². The van der Waals surface area contributed by atoms with E-state index >= 15 is 0 Å². The number of methoxy groups -OCH3 is 1. The van der Waals surface area contributed by atoms with E-state index in [1.807, 2.05) is 9.30 Å². The van der Waals surface area contributed by atoms with Crippen LogP contribution in [0, 0.1) is 11.6 Å². The molecule has 4 aromatic rings. The Kier molecular flexibility index (Phi) is 8.39. The summed E-state index contributed by atoms with van der Waals surface area (Å²) in [6.07, 6.45) is 2.47. The Hall–Kier alpha value is -3.91. The number of hydrogen-bond donors (Lipinski definition) is 1. The molecule has 0 amide bonds. The maximum atomic E-state index is 14.4. The van der Waals surface area contributed by atoms with Gasteiger partial charge in [0.1, 0.15) is 18.1 Å². The van der Waals surface area contributed by atoms with Crippen LogP contribution in [0.4, 0.5) is 14.7 Å². The summed E-state index contributed by atoms with van der Waals surface area (Å²) < 4.78 is 40.9. The highest BCUT2D eigenvalue weighted by Crippen LogP contribution is 2.24. The number of carbonyl (C=O) groups is 1. The van der Waals surface area contributed by atoms with Crippen molar-refractivity contribution in [3.05, 3.63) is 81.9 Å². The minimum atomic E-state index is -0.735. The summed E-state index contributed by atoms with van der Waals surface area (Å²) in [6, 6.07) is 7.69. The number of rotatable bonds is 9. The first-order chi connectivity index (χ1) is 20.8. The molecular formula is C29H30ClF2N7O4. The Balaban J connectivity index is 1.13. The number of imidazole rings is 1. The van der Waals surface area contributed by atoms with Gasteiger partial charge in [-0.25, -0.2) is 19.2 Å². The number of aliphatic hydroxyl groups excluding tert-OH is 1. The van der Waals surface area contributed by atoms with E-state index in [9.17, 15) is 18.7 Å². The summed E-state index contributed by atoms with van der Waals surface area (Å²) in [5.74, 6) is -1.63. The van der Waals surface area contributed by atoms with Crippen LogP contribution in [0.5, 0.6) is 5.88 Å². The van der Waals surface area contributed by atoms with Gasteiger partial charge in [-0.15, -0.1) is 0 Å². The van der Waals surface area contributed by atoms with Crippen molar-refractivity contribution in [2.24, 2.45) is 0 Å². The molecule has 11 nitrogen and oxygen atoms in total. The maximum Gasteiger partial charge on any atom is 0.339 e. The number of β-amino-alcohol motifs (C(OH)–C–C–N with tert-alkyl or cyclic N) is 1. The summed E-state index contributed by atoms with van der Waals surface area (Å²) in [5, 5.41) is 10.1. The predicted octanol–water partition coefficient (Wildman–Crippen LogP) is 2.92. The zero-order valence-electron chi connectivity index (χ0n) is 23.4. The van der Waals surface area contributed by atoms with E-state index < -0.39 is 17.6 Å². The van der Waals surface area contributed by atoms with E-state index in [0.29, 0.717) is 63.9 Å². The van der Waals surface area contributed by atoms with Crippen molar-refractivity contribution >= 4 is 29.2 Å². The standard InChI is InChI=1S/C29H30ClF2N7O4/c1-42-28(41)18-3-5-26-34-24(25(39(26)12-18)16-37-13-21(40)14-37)15-36-6-8-38(9-7-36)29-33-11-23(32)27(35-29)43-17-19-2-4-20(30)10-22(19)31/h2-5,10-12,21,40H,6-9,13-17H2,1H3. The van der Waals surface area contributed by atoms with Gasteiger partial charge in [-0.1, -0.05) is 17.7 Å². The number of anilines is 1. The average Bonchev–Trinajstić information content (AvgIpc) is 3.32. The molecule has 43 heavy (non-hydrogen) atoms. The first kappa shape index (κ1) is 29.2. The van der Waals surface area contributed by atoms with Gasteiger partial charge in [0.15, 0.2) is 0 Å². The van der Waals surface area contributed by atoms with Crippen LogP contribution in [-0.4, -0.2) is 92.7 Å². The highest BCUT2D eigenvalue weighted by Gasteiger charge is 2.28. The van der Waals surface area contributed by atoms with Crippen LogP contribution in [0.25, 0.3) is 5.65 Å². The lowest BCUT2D eigenvalue weighted by atomic mass is 10.1. The molecule has 0 saturated carbocycles. The molecule has 2 saturated heterocycles. The molecule has 226 valence electrons. The van der Waals surface area contributed by atoms with Gasteiger partial charge >= 0.3 is 5.97 Å². The highest BCUT2D eigenvalue weighted by molar-refractivity contribution is 6.30.